The Kier molecular flexibility index (Phi) is 4.28. The van der Waals surface area contributed by atoms with Crippen molar-refractivity contribution in [2.75, 3.05) is 7.11 Å². The van der Waals surface area contributed by atoms with Gasteiger partial charge in [-0.1, -0.05) is 15.9 Å². The summed E-state index contributed by atoms with van der Waals surface area (Å²) < 4.78 is 37.7. The molecule has 1 aromatic carbocycles. The van der Waals surface area contributed by atoms with E-state index in [4.69, 9.17) is 9.15 Å². The van der Waals surface area contributed by atoms with E-state index in [9.17, 15) is 8.42 Å². The molecule has 1 aromatic heterocycles. The van der Waals surface area contributed by atoms with Crippen LogP contribution in [0.15, 0.2) is 50.4 Å². The van der Waals surface area contributed by atoms with Crippen molar-refractivity contribution in [1.82, 2.24) is 4.72 Å². The molecule has 2 aromatic rings. The maximum absolute atomic E-state index is 12.2. The van der Waals surface area contributed by atoms with Gasteiger partial charge in [0.2, 0.25) is 10.0 Å². The monoisotopic (exact) mass is 345 g/mol. The van der Waals surface area contributed by atoms with Gasteiger partial charge in [-0.2, -0.15) is 0 Å². The third-order valence-electron chi connectivity index (χ3n) is 2.43. The van der Waals surface area contributed by atoms with Crippen LogP contribution in [0, 0.1) is 0 Å². The molecule has 0 saturated carbocycles. The molecule has 102 valence electrons. The first kappa shape index (κ1) is 14.1. The SMILES string of the molecule is COc1cc(Br)ccc1S(=O)(=O)NCc1ccco1. The maximum Gasteiger partial charge on any atom is 0.244 e. The highest BCUT2D eigenvalue weighted by Crippen LogP contribution is 2.27. The lowest BCUT2D eigenvalue weighted by molar-refractivity contribution is 0.402. The Hall–Kier alpha value is -1.31. The molecule has 0 fully saturated rings. The Morgan fingerprint density at radius 3 is 2.79 bits per heavy atom. The fourth-order valence-electron chi connectivity index (χ4n) is 1.52. The second-order valence-electron chi connectivity index (χ2n) is 3.70. The minimum Gasteiger partial charge on any atom is -0.495 e. The standard InChI is InChI=1S/C12H12BrNO4S/c1-17-11-7-9(13)4-5-12(11)19(15,16)14-8-10-3-2-6-18-10/h2-7,14H,8H2,1H3. The second-order valence-corrected chi connectivity index (χ2v) is 6.35. The smallest absolute Gasteiger partial charge is 0.244 e. The quantitative estimate of drug-likeness (QED) is 0.903. The number of benzene rings is 1. The average molecular weight is 346 g/mol. The van der Waals surface area contributed by atoms with E-state index < -0.39 is 10.0 Å². The molecule has 0 radical (unpaired) electrons. The first-order valence-electron chi connectivity index (χ1n) is 5.38. The van der Waals surface area contributed by atoms with Gasteiger partial charge in [-0.25, -0.2) is 13.1 Å². The van der Waals surface area contributed by atoms with Gasteiger partial charge < -0.3 is 9.15 Å². The van der Waals surface area contributed by atoms with Crippen molar-refractivity contribution in [2.24, 2.45) is 0 Å². The van der Waals surface area contributed by atoms with Crippen LogP contribution in [-0.2, 0) is 16.6 Å². The fourth-order valence-corrected chi connectivity index (χ4v) is 3.00. The van der Waals surface area contributed by atoms with Crippen LogP contribution in [-0.4, -0.2) is 15.5 Å². The molecule has 0 saturated heterocycles. The largest absolute Gasteiger partial charge is 0.495 e. The summed E-state index contributed by atoms with van der Waals surface area (Å²) >= 11 is 3.26. The lowest BCUT2D eigenvalue weighted by atomic mass is 10.3. The molecule has 5 nitrogen and oxygen atoms in total. The van der Waals surface area contributed by atoms with Crippen LogP contribution in [0.5, 0.6) is 5.75 Å². The number of halogens is 1. The van der Waals surface area contributed by atoms with Crippen molar-refractivity contribution < 1.29 is 17.6 Å². The molecule has 7 heteroatoms. The summed E-state index contributed by atoms with van der Waals surface area (Å²) in [4.78, 5) is 0.0877. The summed E-state index contributed by atoms with van der Waals surface area (Å²) in [6, 6.07) is 8.12. The molecule has 0 bridgehead atoms. The minimum absolute atomic E-state index is 0.0877. The summed E-state index contributed by atoms with van der Waals surface area (Å²) in [5.41, 5.74) is 0. The molecule has 1 heterocycles. The molecule has 2 rings (SSSR count). The van der Waals surface area contributed by atoms with Gasteiger partial charge in [0.15, 0.2) is 0 Å². The number of furan rings is 1. The van der Waals surface area contributed by atoms with Crippen LogP contribution in [0.3, 0.4) is 0 Å². The number of nitrogens with one attached hydrogen (secondary N) is 1. The van der Waals surface area contributed by atoms with Gasteiger partial charge in [-0.15, -0.1) is 0 Å². The van der Waals surface area contributed by atoms with Crippen LogP contribution >= 0.6 is 15.9 Å². The van der Waals surface area contributed by atoms with Crippen LogP contribution in [0.25, 0.3) is 0 Å². The Morgan fingerprint density at radius 2 is 2.16 bits per heavy atom. The number of hydrogen-bond acceptors (Lipinski definition) is 4. The van der Waals surface area contributed by atoms with E-state index in [0.29, 0.717) is 5.76 Å². The zero-order chi connectivity index (χ0) is 13.9. The molecule has 0 amide bonds. The molecule has 0 aliphatic rings. The summed E-state index contributed by atoms with van der Waals surface area (Å²) in [7, 11) is -2.23. The van der Waals surface area contributed by atoms with Gasteiger partial charge >= 0.3 is 0 Å². The molecular formula is C12H12BrNO4S. The Morgan fingerprint density at radius 1 is 1.37 bits per heavy atom. The Bertz CT molecular complexity index is 652. The predicted molar refractivity (Wildman–Crippen MR) is 73.4 cm³/mol. The van der Waals surface area contributed by atoms with Crippen molar-refractivity contribution in [2.45, 2.75) is 11.4 Å². The average Bonchev–Trinajstić information content (AvgIpc) is 2.89. The van der Waals surface area contributed by atoms with Crippen molar-refractivity contribution in [3.8, 4) is 5.75 Å². The van der Waals surface area contributed by atoms with E-state index in [-0.39, 0.29) is 17.2 Å². The zero-order valence-corrected chi connectivity index (χ0v) is 12.5. The fraction of sp³-hybridized carbons (Fsp3) is 0.167. The molecule has 0 atom stereocenters. The summed E-state index contributed by atoms with van der Waals surface area (Å²) in [6.07, 6.45) is 1.49. The summed E-state index contributed by atoms with van der Waals surface area (Å²) in [5, 5.41) is 0. The van der Waals surface area contributed by atoms with Crippen LogP contribution in [0.2, 0.25) is 0 Å². The highest BCUT2D eigenvalue weighted by atomic mass is 79.9. The van der Waals surface area contributed by atoms with E-state index in [1.807, 2.05) is 0 Å². The number of ether oxygens (including phenoxy) is 1. The topological polar surface area (TPSA) is 68.5 Å². The van der Waals surface area contributed by atoms with Gasteiger partial charge in [0.1, 0.15) is 16.4 Å². The van der Waals surface area contributed by atoms with E-state index in [2.05, 4.69) is 20.7 Å². The molecule has 0 aliphatic heterocycles. The van der Waals surface area contributed by atoms with Crippen molar-refractivity contribution in [3.05, 3.63) is 46.8 Å². The van der Waals surface area contributed by atoms with Crippen LogP contribution in [0.1, 0.15) is 5.76 Å². The molecule has 0 spiro atoms. The number of rotatable bonds is 5. The summed E-state index contributed by atoms with van der Waals surface area (Å²) in [5.74, 6) is 0.820. The van der Waals surface area contributed by atoms with E-state index >= 15 is 0 Å². The third-order valence-corrected chi connectivity index (χ3v) is 4.37. The van der Waals surface area contributed by atoms with Crippen molar-refractivity contribution in [1.29, 1.82) is 0 Å². The van der Waals surface area contributed by atoms with Gasteiger partial charge in [-0.3, -0.25) is 0 Å². The van der Waals surface area contributed by atoms with Gasteiger partial charge in [0.05, 0.1) is 19.9 Å². The van der Waals surface area contributed by atoms with E-state index in [1.165, 1.54) is 19.4 Å². The molecule has 19 heavy (non-hydrogen) atoms. The van der Waals surface area contributed by atoms with E-state index in [0.717, 1.165) is 4.47 Å². The molecule has 1 N–H and O–H groups in total. The molecule has 0 aliphatic carbocycles. The Balaban J connectivity index is 2.24. The minimum atomic E-state index is -3.65. The zero-order valence-electron chi connectivity index (χ0n) is 10.1. The first-order chi connectivity index (χ1) is 9.03. The molecular weight excluding hydrogens is 334 g/mol. The maximum atomic E-state index is 12.2. The lowest BCUT2D eigenvalue weighted by Gasteiger charge is -2.10. The van der Waals surface area contributed by atoms with Gasteiger partial charge in [-0.05, 0) is 30.3 Å². The highest BCUT2D eigenvalue weighted by Gasteiger charge is 2.19. The third kappa shape index (κ3) is 3.37. The van der Waals surface area contributed by atoms with Gasteiger partial charge in [0, 0.05) is 4.47 Å². The number of sulfonamides is 1. The molecule has 0 unspecified atom stereocenters. The van der Waals surface area contributed by atoms with Gasteiger partial charge in [0.25, 0.3) is 0 Å². The Labute approximate surface area is 119 Å². The first-order valence-corrected chi connectivity index (χ1v) is 7.66. The van der Waals surface area contributed by atoms with Crippen molar-refractivity contribution in [3.63, 3.8) is 0 Å². The predicted octanol–water partition coefficient (Wildman–Crippen LogP) is 2.53. The van der Waals surface area contributed by atoms with Crippen LogP contribution in [0.4, 0.5) is 0 Å². The normalized spacial score (nSPS) is 11.5. The highest BCUT2D eigenvalue weighted by molar-refractivity contribution is 9.10. The van der Waals surface area contributed by atoms with Crippen molar-refractivity contribution >= 4 is 26.0 Å². The lowest BCUT2D eigenvalue weighted by Crippen LogP contribution is -2.23. The summed E-state index contributed by atoms with van der Waals surface area (Å²) in [6.45, 7) is 0.0918. The van der Waals surface area contributed by atoms with E-state index in [1.54, 1.807) is 24.3 Å². The van der Waals surface area contributed by atoms with Crippen LogP contribution < -0.4 is 9.46 Å². The number of hydrogen-bond donors (Lipinski definition) is 1. The second kappa shape index (κ2) is 5.77. The number of methoxy groups -OCH3 is 1.